The number of aromatic nitrogens is 3. The molecule has 8 rings (SSSR count). The number of pyridine rings is 1. The van der Waals surface area contributed by atoms with Gasteiger partial charge in [0.1, 0.15) is 29.7 Å². The Kier molecular flexibility index (Phi) is 8.98. The number of rotatable bonds is 7. The topological polar surface area (TPSA) is 102 Å². The van der Waals surface area contributed by atoms with Crippen molar-refractivity contribution >= 4 is 34.4 Å². The number of piperazine rings is 1. The molecule has 1 amide bonds. The van der Waals surface area contributed by atoms with E-state index in [1.54, 1.807) is 30.6 Å². The summed E-state index contributed by atoms with van der Waals surface area (Å²) in [6, 6.07) is 2.43. The number of carbonyl (C=O) groups excluding carboxylic acids is 1. The van der Waals surface area contributed by atoms with E-state index in [-0.39, 0.29) is 79.7 Å². The minimum atomic E-state index is -3.87. The van der Waals surface area contributed by atoms with E-state index in [0.717, 1.165) is 6.08 Å². The highest BCUT2D eigenvalue weighted by atomic mass is 35.5. The standard InChI is InChI=1S/C36H36ClF7N6O5/c1-33(2,3)55-32(51)50-21-6-7-34(50,11-25(40)41)16-48(15-21)30-22-13-45-29(37)26(42)27(22)46-31(47-30)52-17-35-9-19(12-38)28(49(35)14-20(39)10-35)18-4-5-23-24(8-18)54-36(43,44)53-23/h4-5,8,11,13,19-21,28H,6-7,9-10,12,14-17H2,1-3H3/t19-,20+,21?,28+,34?,35+/m1/s1. The first-order valence-electron chi connectivity index (χ1n) is 17.7. The summed E-state index contributed by atoms with van der Waals surface area (Å²) in [5, 5.41) is -0.404. The maximum absolute atomic E-state index is 15.6. The number of ether oxygens (including phenoxy) is 4. The summed E-state index contributed by atoms with van der Waals surface area (Å²) in [5.41, 5.74) is -3.38. The van der Waals surface area contributed by atoms with Crippen molar-refractivity contribution in [2.24, 2.45) is 5.92 Å². The molecule has 0 N–H and O–H groups in total. The second kappa shape index (κ2) is 13.1. The lowest BCUT2D eigenvalue weighted by atomic mass is 9.88. The van der Waals surface area contributed by atoms with Gasteiger partial charge in [-0.05, 0) is 57.7 Å². The number of amides is 1. The Hall–Kier alpha value is -4.32. The first-order valence-corrected chi connectivity index (χ1v) is 18.1. The van der Waals surface area contributed by atoms with E-state index in [4.69, 9.17) is 21.1 Å². The predicted molar refractivity (Wildman–Crippen MR) is 183 cm³/mol. The smallest absolute Gasteiger partial charge is 0.461 e. The minimum Gasteiger partial charge on any atom is -0.461 e. The highest BCUT2D eigenvalue weighted by Gasteiger charge is 2.59. The van der Waals surface area contributed by atoms with Gasteiger partial charge in [0, 0.05) is 50.3 Å². The van der Waals surface area contributed by atoms with Crippen molar-refractivity contribution in [2.75, 3.05) is 37.8 Å². The van der Waals surface area contributed by atoms with E-state index >= 15 is 8.78 Å². The molecule has 1 aromatic carbocycles. The monoisotopic (exact) mass is 800 g/mol. The van der Waals surface area contributed by atoms with Gasteiger partial charge in [0.05, 0.1) is 29.2 Å². The van der Waals surface area contributed by atoms with E-state index in [9.17, 15) is 26.7 Å². The van der Waals surface area contributed by atoms with Crippen molar-refractivity contribution < 1.29 is 54.5 Å². The third-order valence-corrected chi connectivity index (χ3v) is 11.2. The molecule has 7 heterocycles. The number of hydrogen-bond acceptors (Lipinski definition) is 10. The molecule has 4 fully saturated rings. The summed E-state index contributed by atoms with van der Waals surface area (Å²) >= 11 is 6.05. The molecule has 5 aliphatic heterocycles. The SMILES string of the molecule is CC(C)(C)OC(=O)N1C2CCC1(C=C(F)F)CN(c1nc(OC[C@]34C[C@H](F)CN3[C@@H](c3ccc5c(c3)OC(F)(F)O5)[C@@H](CF)C4)nc3c(F)c(Cl)ncc13)C2. The average molecular weight is 801 g/mol. The van der Waals surface area contributed by atoms with Crippen molar-refractivity contribution in [1.29, 1.82) is 0 Å². The first-order chi connectivity index (χ1) is 25.9. The molecule has 11 nitrogen and oxygen atoms in total. The lowest BCUT2D eigenvalue weighted by Crippen LogP contribution is -2.63. The summed E-state index contributed by atoms with van der Waals surface area (Å²) in [7, 11) is 0. The molecule has 3 aromatic rings. The third-order valence-electron chi connectivity index (χ3n) is 11.0. The van der Waals surface area contributed by atoms with E-state index in [1.165, 1.54) is 29.3 Å². The molecule has 2 aromatic heterocycles. The average Bonchev–Trinajstić information content (AvgIpc) is 3.75. The van der Waals surface area contributed by atoms with Crippen LogP contribution in [0.2, 0.25) is 5.15 Å². The lowest BCUT2D eigenvalue weighted by molar-refractivity contribution is -0.286. The van der Waals surface area contributed by atoms with Crippen molar-refractivity contribution in [3.05, 3.63) is 53.1 Å². The Morgan fingerprint density at radius 2 is 1.89 bits per heavy atom. The van der Waals surface area contributed by atoms with E-state index in [2.05, 4.69) is 24.4 Å². The maximum atomic E-state index is 15.6. The summed E-state index contributed by atoms with van der Waals surface area (Å²) in [4.78, 5) is 30.9. The van der Waals surface area contributed by atoms with Crippen LogP contribution in [0.15, 0.2) is 36.6 Å². The fourth-order valence-electron chi connectivity index (χ4n) is 9.11. The highest BCUT2D eigenvalue weighted by molar-refractivity contribution is 6.30. The van der Waals surface area contributed by atoms with Crippen LogP contribution in [0.3, 0.4) is 0 Å². The fraction of sp³-hybridized carbons (Fsp3) is 0.556. The lowest BCUT2D eigenvalue weighted by Gasteiger charge is -2.47. The molecular formula is C36H36ClF7N6O5. The van der Waals surface area contributed by atoms with Crippen molar-refractivity contribution in [1.82, 2.24) is 24.8 Å². The zero-order chi connectivity index (χ0) is 39.2. The Balaban J connectivity index is 1.12. The number of anilines is 1. The molecule has 2 unspecified atom stereocenters. The second-order valence-electron chi connectivity index (χ2n) is 15.8. The van der Waals surface area contributed by atoms with Gasteiger partial charge >= 0.3 is 18.4 Å². The van der Waals surface area contributed by atoms with Gasteiger partial charge < -0.3 is 23.8 Å². The van der Waals surface area contributed by atoms with Gasteiger partial charge in [0.2, 0.25) is 0 Å². The number of hydrogen-bond donors (Lipinski definition) is 0. The molecule has 0 aliphatic carbocycles. The molecule has 6 atom stereocenters. The molecule has 19 heteroatoms. The van der Waals surface area contributed by atoms with Crippen LogP contribution in [0.5, 0.6) is 17.5 Å². The van der Waals surface area contributed by atoms with Gasteiger partial charge in [-0.1, -0.05) is 17.7 Å². The van der Waals surface area contributed by atoms with Crippen LogP contribution < -0.4 is 19.1 Å². The summed E-state index contributed by atoms with van der Waals surface area (Å²) < 4.78 is 122. The third kappa shape index (κ3) is 6.61. The summed E-state index contributed by atoms with van der Waals surface area (Å²) in [6.45, 7) is 3.73. The molecular weight excluding hydrogens is 765 g/mol. The van der Waals surface area contributed by atoms with Crippen LogP contribution in [-0.2, 0) is 4.74 Å². The Morgan fingerprint density at radius 3 is 2.62 bits per heavy atom. The zero-order valence-corrected chi connectivity index (χ0v) is 30.6. The van der Waals surface area contributed by atoms with E-state index < -0.39 is 77.0 Å². The van der Waals surface area contributed by atoms with Gasteiger partial charge in [-0.2, -0.15) is 18.7 Å². The number of benzene rings is 1. The Labute approximate surface area is 315 Å². The van der Waals surface area contributed by atoms with Crippen LogP contribution in [0.4, 0.5) is 41.3 Å². The number of nitrogens with zero attached hydrogens (tertiary/aromatic N) is 6. The molecule has 55 heavy (non-hydrogen) atoms. The molecule has 4 saturated heterocycles. The molecule has 0 radical (unpaired) electrons. The maximum Gasteiger partial charge on any atom is 0.586 e. The normalized spacial score (nSPS) is 29.5. The van der Waals surface area contributed by atoms with Gasteiger partial charge in [-0.3, -0.25) is 14.2 Å². The number of fused-ring (bicyclic) bond motifs is 5. The molecule has 296 valence electrons. The predicted octanol–water partition coefficient (Wildman–Crippen LogP) is 7.77. The number of carbonyl (C=O) groups is 1. The zero-order valence-electron chi connectivity index (χ0n) is 29.8. The van der Waals surface area contributed by atoms with Gasteiger partial charge in [-0.15, -0.1) is 8.78 Å². The van der Waals surface area contributed by atoms with Crippen LogP contribution in [0, 0.1) is 11.7 Å². The van der Waals surface area contributed by atoms with Gasteiger partial charge in [0.15, 0.2) is 22.5 Å². The van der Waals surface area contributed by atoms with Crippen LogP contribution >= 0.6 is 11.6 Å². The molecule has 2 bridgehead atoms. The van der Waals surface area contributed by atoms with Crippen LogP contribution in [0.1, 0.15) is 58.1 Å². The quantitative estimate of drug-likeness (QED) is 0.174. The van der Waals surface area contributed by atoms with Gasteiger partial charge in [0.25, 0.3) is 6.08 Å². The Bertz CT molecular complexity index is 2070. The van der Waals surface area contributed by atoms with Gasteiger partial charge in [-0.25, -0.2) is 18.6 Å². The molecule has 0 spiro atoms. The Morgan fingerprint density at radius 1 is 1.13 bits per heavy atom. The van der Waals surface area contributed by atoms with E-state index in [0.29, 0.717) is 12.0 Å². The van der Waals surface area contributed by atoms with E-state index in [1.807, 2.05) is 0 Å². The second-order valence-corrected chi connectivity index (χ2v) is 16.2. The van der Waals surface area contributed by atoms with Crippen molar-refractivity contribution in [3.8, 4) is 17.5 Å². The van der Waals surface area contributed by atoms with Crippen LogP contribution in [0.25, 0.3) is 10.9 Å². The fourth-order valence-corrected chi connectivity index (χ4v) is 9.25. The minimum absolute atomic E-state index is 0.0644. The highest BCUT2D eigenvalue weighted by Crippen LogP contribution is 2.54. The number of halogens is 8. The van der Waals surface area contributed by atoms with Crippen LogP contribution in [-0.4, -0.2) is 98.9 Å². The summed E-state index contributed by atoms with van der Waals surface area (Å²) in [5.74, 6) is -2.04. The summed E-state index contributed by atoms with van der Waals surface area (Å²) in [6.07, 6.45) is -5.41. The molecule has 5 aliphatic rings. The molecule has 0 saturated carbocycles. The largest absolute Gasteiger partial charge is 0.586 e. The van der Waals surface area contributed by atoms with Crippen molar-refractivity contribution in [2.45, 2.75) is 87.7 Å². The number of alkyl halides is 4. The first kappa shape index (κ1) is 37.6. The van der Waals surface area contributed by atoms with Crippen molar-refractivity contribution in [3.63, 3.8) is 0 Å².